The van der Waals surface area contributed by atoms with Crippen LogP contribution in [0.15, 0.2) is 83.5 Å². The summed E-state index contributed by atoms with van der Waals surface area (Å²) >= 11 is 0. The first-order valence-corrected chi connectivity index (χ1v) is 9.27. The Morgan fingerprint density at radius 3 is 2.45 bits per heavy atom. The highest BCUT2D eigenvalue weighted by Crippen LogP contribution is 2.30. The van der Waals surface area contributed by atoms with Crippen LogP contribution in [-0.4, -0.2) is 24.9 Å². The number of halogens is 1. The van der Waals surface area contributed by atoms with Crippen LogP contribution in [-0.2, 0) is 9.53 Å². The molecule has 0 aromatic heterocycles. The fourth-order valence-electron chi connectivity index (χ4n) is 2.87. The molecule has 154 valence electrons. The van der Waals surface area contributed by atoms with Gasteiger partial charge in [-0.05, 0) is 60.2 Å². The van der Waals surface area contributed by atoms with Crippen molar-refractivity contribution in [2.45, 2.75) is 0 Å². The molecule has 0 fully saturated rings. The lowest BCUT2D eigenvalue weighted by Gasteiger charge is -2.10. The number of esters is 2. The zero-order valence-electron chi connectivity index (χ0n) is 16.4. The second-order valence-corrected chi connectivity index (χ2v) is 6.51. The monoisotopic (exact) mass is 417 g/mol. The highest BCUT2D eigenvalue weighted by molar-refractivity contribution is 6.12. The number of carbonyl (C=O) groups excluding carboxylic acids is 2. The molecule has 0 radical (unpaired) electrons. The number of methoxy groups -OCH3 is 1. The Kier molecular flexibility index (Phi) is 5.57. The van der Waals surface area contributed by atoms with Crippen molar-refractivity contribution in [3.63, 3.8) is 0 Å². The summed E-state index contributed by atoms with van der Waals surface area (Å²) in [5.41, 5.74) is 1.63. The highest BCUT2D eigenvalue weighted by Gasteiger charge is 2.24. The molecule has 0 amide bonds. The normalized spacial score (nSPS) is 14.2. The van der Waals surface area contributed by atoms with Crippen molar-refractivity contribution in [3.05, 3.63) is 101 Å². The van der Waals surface area contributed by atoms with Gasteiger partial charge in [0.15, 0.2) is 17.2 Å². The minimum absolute atomic E-state index is 0.136. The van der Waals surface area contributed by atoms with Gasteiger partial charge in [0.25, 0.3) is 0 Å². The number of cyclic esters (lactones) is 1. The van der Waals surface area contributed by atoms with Gasteiger partial charge in [0, 0.05) is 5.56 Å². The van der Waals surface area contributed by atoms with Crippen LogP contribution in [0.1, 0.15) is 21.5 Å². The topological polar surface area (TPSA) is 74.2 Å². The number of rotatable bonds is 5. The molecule has 0 aliphatic carbocycles. The lowest BCUT2D eigenvalue weighted by molar-refractivity contribution is -0.129. The summed E-state index contributed by atoms with van der Waals surface area (Å²) in [4.78, 5) is 28.7. The quantitative estimate of drug-likeness (QED) is 0.350. The summed E-state index contributed by atoms with van der Waals surface area (Å²) in [5.74, 6) is -0.973. The van der Waals surface area contributed by atoms with Gasteiger partial charge in [-0.2, -0.15) is 0 Å². The number of nitrogens with zero attached hydrogens (tertiary/aromatic N) is 1. The average molecular weight is 417 g/mol. The maximum Gasteiger partial charge on any atom is 0.363 e. The standard InChI is InChI=1S/C24H16FNO5/c1-29-21-14-15(7-12-20(21)30-23(27)17-8-10-18(25)11-9-17)13-19-24(28)31-22(26-19)16-5-3-2-4-6-16/h2-14H,1H3/b19-13+. The van der Waals surface area contributed by atoms with E-state index in [4.69, 9.17) is 14.2 Å². The van der Waals surface area contributed by atoms with Gasteiger partial charge in [0.05, 0.1) is 12.7 Å². The molecule has 3 aromatic rings. The maximum absolute atomic E-state index is 13.0. The second kappa shape index (κ2) is 8.62. The zero-order chi connectivity index (χ0) is 21.8. The molecular formula is C24H16FNO5. The molecule has 1 aliphatic rings. The van der Waals surface area contributed by atoms with Crippen LogP contribution < -0.4 is 9.47 Å². The van der Waals surface area contributed by atoms with Gasteiger partial charge >= 0.3 is 11.9 Å². The van der Waals surface area contributed by atoms with E-state index in [-0.39, 0.29) is 28.7 Å². The first kappa shape index (κ1) is 20.0. The Morgan fingerprint density at radius 2 is 1.74 bits per heavy atom. The molecule has 0 spiro atoms. The number of hydrogen-bond acceptors (Lipinski definition) is 6. The molecule has 1 heterocycles. The molecule has 0 saturated carbocycles. The van der Waals surface area contributed by atoms with Crippen molar-refractivity contribution in [1.82, 2.24) is 0 Å². The van der Waals surface area contributed by atoms with Crippen molar-refractivity contribution in [2.24, 2.45) is 4.99 Å². The van der Waals surface area contributed by atoms with Crippen molar-refractivity contribution in [3.8, 4) is 11.5 Å². The Balaban J connectivity index is 1.56. The summed E-state index contributed by atoms with van der Waals surface area (Å²) in [7, 11) is 1.43. The number of ether oxygens (including phenoxy) is 3. The minimum Gasteiger partial charge on any atom is -0.493 e. The molecule has 0 unspecified atom stereocenters. The SMILES string of the molecule is COc1cc(/C=C2/N=C(c3ccccc3)OC2=O)ccc1OC(=O)c1ccc(F)cc1. The van der Waals surface area contributed by atoms with E-state index >= 15 is 0 Å². The third-order valence-electron chi connectivity index (χ3n) is 4.41. The Morgan fingerprint density at radius 1 is 1.00 bits per heavy atom. The summed E-state index contributed by atoms with van der Waals surface area (Å²) in [6, 6.07) is 18.9. The van der Waals surface area contributed by atoms with Gasteiger partial charge in [0.1, 0.15) is 5.82 Å². The fourth-order valence-corrected chi connectivity index (χ4v) is 2.87. The summed E-state index contributed by atoms with van der Waals surface area (Å²) in [6.45, 7) is 0. The van der Waals surface area contributed by atoms with Gasteiger partial charge < -0.3 is 14.2 Å². The molecular weight excluding hydrogens is 401 g/mol. The molecule has 0 bridgehead atoms. The predicted molar refractivity (Wildman–Crippen MR) is 111 cm³/mol. The first-order chi connectivity index (χ1) is 15.0. The number of carbonyl (C=O) groups is 2. The maximum atomic E-state index is 13.0. The molecule has 6 nitrogen and oxygen atoms in total. The highest BCUT2D eigenvalue weighted by atomic mass is 19.1. The van der Waals surface area contributed by atoms with Crippen LogP contribution >= 0.6 is 0 Å². The van der Waals surface area contributed by atoms with Crippen molar-refractivity contribution in [1.29, 1.82) is 0 Å². The molecule has 31 heavy (non-hydrogen) atoms. The van der Waals surface area contributed by atoms with E-state index in [0.717, 1.165) is 0 Å². The third kappa shape index (κ3) is 4.51. The van der Waals surface area contributed by atoms with E-state index in [1.165, 1.54) is 37.4 Å². The molecule has 0 saturated heterocycles. The van der Waals surface area contributed by atoms with Gasteiger partial charge in [-0.15, -0.1) is 0 Å². The van der Waals surface area contributed by atoms with Crippen molar-refractivity contribution >= 4 is 23.9 Å². The average Bonchev–Trinajstić information content (AvgIpc) is 3.16. The molecule has 3 aromatic carbocycles. The smallest absolute Gasteiger partial charge is 0.363 e. The predicted octanol–water partition coefficient (Wildman–Crippen LogP) is 4.40. The minimum atomic E-state index is -0.652. The largest absolute Gasteiger partial charge is 0.493 e. The summed E-state index contributed by atoms with van der Waals surface area (Å²) in [6.07, 6.45) is 1.55. The first-order valence-electron chi connectivity index (χ1n) is 9.27. The molecule has 0 N–H and O–H groups in total. The van der Waals surface area contributed by atoms with E-state index in [1.54, 1.807) is 30.3 Å². The second-order valence-electron chi connectivity index (χ2n) is 6.51. The molecule has 7 heteroatoms. The molecule has 4 rings (SSSR count). The van der Waals surface area contributed by atoms with E-state index in [1.807, 2.05) is 18.2 Å². The number of hydrogen-bond donors (Lipinski definition) is 0. The molecule has 0 atom stereocenters. The van der Waals surface area contributed by atoms with Gasteiger partial charge in [0.2, 0.25) is 5.90 Å². The summed E-state index contributed by atoms with van der Waals surface area (Å²) in [5, 5.41) is 0. The van der Waals surface area contributed by atoms with E-state index < -0.39 is 17.8 Å². The van der Waals surface area contributed by atoms with Crippen LogP contribution in [0.4, 0.5) is 4.39 Å². The number of benzene rings is 3. The lowest BCUT2D eigenvalue weighted by Crippen LogP contribution is -2.09. The Bertz CT molecular complexity index is 1200. The van der Waals surface area contributed by atoms with Gasteiger partial charge in [-0.25, -0.2) is 19.0 Å². The Labute approximate surface area is 177 Å². The van der Waals surface area contributed by atoms with Crippen LogP contribution in [0.2, 0.25) is 0 Å². The lowest BCUT2D eigenvalue weighted by atomic mass is 10.1. The van der Waals surface area contributed by atoms with Gasteiger partial charge in [-0.3, -0.25) is 0 Å². The Hall–Kier alpha value is -4.26. The number of aliphatic imine (C=N–C) groups is 1. The van der Waals surface area contributed by atoms with Gasteiger partial charge in [-0.1, -0.05) is 24.3 Å². The van der Waals surface area contributed by atoms with Crippen molar-refractivity contribution < 1.29 is 28.2 Å². The molecule has 1 aliphatic heterocycles. The van der Waals surface area contributed by atoms with Crippen LogP contribution in [0, 0.1) is 5.82 Å². The zero-order valence-corrected chi connectivity index (χ0v) is 16.4. The third-order valence-corrected chi connectivity index (χ3v) is 4.41. The van der Waals surface area contributed by atoms with E-state index in [0.29, 0.717) is 11.1 Å². The summed E-state index contributed by atoms with van der Waals surface area (Å²) < 4.78 is 28.9. The van der Waals surface area contributed by atoms with Crippen LogP contribution in [0.5, 0.6) is 11.5 Å². The van der Waals surface area contributed by atoms with Crippen LogP contribution in [0.3, 0.4) is 0 Å². The van der Waals surface area contributed by atoms with Crippen molar-refractivity contribution in [2.75, 3.05) is 7.11 Å². The van der Waals surface area contributed by atoms with Crippen LogP contribution in [0.25, 0.3) is 6.08 Å². The fraction of sp³-hybridized carbons (Fsp3) is 0.0417. The van der Waals surface area contributed by atoms with E-state index in [9.17, 15) is 14.0 Å². The van der Waals surface area contributed by atoms with E-state index in [2.05, 4.69) is 4.99 Å².